The quantitative estimate of drug-likeness (QED) is 0.0365. The third kappa shape index (κ3) is 16.0. The molecule has 4 aromatic carbocycles. The van der Waals surface area contributed by atoms with E-state index in [4.69, 9.17) is 14.2 Å². The lowest BCUT2D eigenvalue weighted by Gasteiger charge is -2.38. The fourth-order valence-corrected chi connectivity index (χ4v) is 7.67. The number of aryl methyl sites for hydroxylation is 2. The van der Waals surface area contributed by atoms with E-state index in [0.29, 0.717) is 36.9 Å². The molecule has 0 spiro atoms. The van der Waals surface area contributed by atoms with Crippen molar-refractivity contribution < 1.29 is 48.1 Å². The Kier molecular flexibility index (Phi) is 18.5. The van der Waals surface area contributed by atoms with Gasteiger partial charge in [0.2, 0.25) is 17.7 Å². The summed E-state index contributed by atoms with van der Waals surface area (Å²) in [5.41, 5.74) is 4.62. The van der Waals surface area contributed by atoms with Crippen LogP contribution >= 0.6 is 0 Å². The number of alkyl carbamates (subject to hydrolysis) is 2. The standard InChI is InChI=1S/C51H63N5O10/c1-34-27-40(57)28-35(2)41(34)30-43(55-50(63)66-51(3,4)5)48(61)56-31-39-22-14-13-21-38(39)29-44(56)47(60)54-42(23-24-45(58)64-32-36-17-9-6-10-18-36)46(59)52-25-15-8-16-26-53-49(62)65-33-37-19-11-7-12-20-37/h6-7,9-14,17-22,27-28,42-44,57H,8,15-16,23-26,29-33H2,1-5H3,(H,52,59)(H,53,62)(H,54,60)(H,55,63)/t42-,43?,44-/m0/s1. The van der Waals surface area contributed by atoms with Crippen LogP contribution in [-0.2, 0) is 66.0 Å². The van der Waals surface area contributed by atoms with Gasteiger partial charge in [-0.3, -0.25) is 19.2 Å². The maximum Gasteiger partial charge on any atom is 0.408 e. The van der Waals surface area contributed by atoms with Crippen LogP contribution in [0.3, 0.4) is 0 Å². The lowest BCUT2D eigenvalue weighted by atomic mass is 9.91. The normalized spacial score (nSPS) is 14.1. The number of unbranched alkanes of at least 4 members (excludes halogenated alkanes) is 2. The smallest absolute Gasteiger partial charge is 0.408 e. The number of fused-ring (bicyclic) bond motifs is 1. The van der Waals surface area contributed by atoms with Crippen LogP contribution in [0.5, 0.6) is 5.75 Å². The van der Waals surface area contributed by atoms with Crippen molar-refractivity contribution in [1.82, 2.24) is 26.2 Å². The van der Waals surface area contributed by atoms with E-state index in [1.54, 1.807) is 46.8 Å². The molecule has 3 atom stereocenters. The molecule has 0 aromatic heterocycles. The van der Waals surface area contributed by atoms with Gasteiger partial charge in [-0.25, -0.2) is 9.59 Å². The van der Waals surface area contributed by atoms with E-state index in [1.807, 2.05) is 84.9 Å². The second-order valence-corrected chi connectivity index (χ2v) is 17.5. The average Bonchev–Trinajstić information content (AvgIpc) is 3.28. The second-order valence-electron chi connectivity index (χ2n) is 17.5. The molecular formula is C51H63N5O10. The van der Waals surface area contributed by atoms with Crippen LogP contribution in [0, 0.1) is 13.8 Å². The average molecular weight is 906 g/mol. The predicted octanol–water partition coefficient (Wildman–Crippen LogP) is 6.62. The topological polar surface area (TPSA) is 202 Å². The van der Waals surface area contributed by atoms with Gasteiger partial charge in [0.25, 0.3) is 0 Å². The molecule has 0 aliphatic carbocycles. The van der Waals surface area contributed by atoms with Crippen molar-refractivity contribution >= 4 is 35.9 Å². The summed E-state index contributed by atoms with van der Waals surface area (Å²) in [6, 6.07) is 25.7. The highest BCUT2D eigenvalue weighted by molar-refractivity contribution is 5.95. The van der Waals surface area contributed by atoms with E-state index in [-0.39, 0.29) is 57.7 Å². The van der Waals surface area contributed by atoms with Crippen LogP contribution in [0.15, 0.2) is 97.1 Å². The molecule has 15 heteroatoms. The SMILES string of the molecule is Cc1cc(O)cc(C)c1CC(NC(=O)OC(C)(C)C)C(=O)N1Cc2ccccc2C[C@H]1C(=O)N[C@@H](CCC(=O)OCc1ccccc1)C(=O)NCCCCCNC(=O)OCc1ccccc1. The van der Waals surface area contributed by atoms with Crippen LogP contribution in [-0.4, -0.2) is 82.7 Å². The molecule has 0 radical (unpaired) electrons. The van der Waals surface area contributed by atoms with E-state index in [2.05, 4.69) is 21.3 Å². The van der Waals surface area contributed by atoms with Gasteiger partial charge in [0, 0.05) is 38.9 Å². The number of phenols is 1. The summed E-state index contributed by atoms with van der Waals surface area (Å²) in [6.07, 6.45) is 0.419. The fraction of sp³-hybridized carbons (Fsp3) is 0.412. The molecule has 66 heavy (non-hydrogen) atoms. The summed E-state index contributed by atoms with van der Waals surface area (Å²) < 4.78 is 16.3. The summed E-state index contributed by atoms with van der Waals surface area (Å²) in [5.74, 6) is -2.17. The third-order valence-corrected chi connectivity index (χ3v) is 11.1. The van der Waals surface area contributed by atoms with Crippen molar-refractivity contribution in [3.63, 3.8) is 0 Å². The lowest BCUT2D eigenvalue weighted by Crippen LogP contribution is -2.60. The van der Waals surface area contributed by atoms with Gasteiger partial charge in [-0.1, -0.05) is 84.9 Å². The molecule has 1 aliphatic rings. The molecule has 0 saturated heterocycles. The molecular weight excluding hydrogens is 843 g/mol. The van der Waals surface area contributed by atoms with Gasteiger partial charge in [0.15, 0.2) is 0 Å². The molecule has 5 N–H and O–H groups in total. The number of hydrogen-bond acceptors (Lipinski definition) is 10. The highest BCUT2D eigenvalue weighted by atomic mass is 16.6. The van der Waals surface area contributed by atoms with E-state index in [1.165, 1.54) is 4.90 Å². The second kappa shape index (κ2) is 24.4. The Bertz CT molecular complexity index is 2260. The third-order valence-electron chi connectivity index (χ3n) is 11.1. The van der Waals surface area contributed by atoms with Crippen LogP contribution in [0.25, 0.3) is 0 Å². The summed E-state index contributed by atoms with van der Waals surface area (Å²) >= 11 is 0. The molecule has 4 aromatic rings. The van der Waals surface area contributed by atoms with Crippen LogP contribution in [0.4, 0.5) is 9.59 Å². The Morgan fingerprint density at radius 3 is 1.91 bits per heavy atom. The number of rotatable bonds is 20. The molecule has 1 aliphatic heterocycles. The molecule has 0 fully saturated rings. The number of amides is 5. The van der Waals surface area contributed by atoms with Crippen LogP contribution in [0.2, 0.25) is 0 Å². The number of esters is 1. The van der Waals surface area contributed by atoms with Crippen LogP contribution < -0.4 is 21.3 Å². The molecule has 5 amide bonds. The molecule has 0 bridgehead atoms. The van der Waals surface area contributed by atoms with Gasteiger partial charge in [0.1, 0.15) is 42.7 Å². The number of phenolic OH excluding ortho intramolecular Hbond substituents is 1. The predicted molar refractivity (Wildman–Crippen MR) is 248 cm³/mol. The first-order valence-electron chi connectivity index (χ1n) is 22.4. The number of benzene rings is 4. The number of carbonyl (C=O) groups is 6. The zero-order valence-electron chi connectivity index (χ0n) is 38.5. The first kappa shape index (κ1) is 50.1. The first-order valence-corrected chi connectivity index (χ1v) is 22.4. The minimum absolute atomic E-state index is 0.0348. The molecule has 15 nitrogen and oxygen atoms in total. The van der Waals surface area contributed by atoms with E-state index >= 15 is 0 Å². The van der Waals surface area contributed by atoms with Gasteiger partial charge in [-0.05, 0) is 111 Å². The van der Waals surface area contributed by atoms with Gasteiger partial charge in [-0.2, -0.15) is 0 Å². The Morgan fingerprint density at radius 2 is 1.29 bits per heavy atom. The van der Waals surface area contributed by atoms with E-state index < -0.39 is 59.6 Å². The number of ether oxygens (including phenoxy) is 3. The number of nitrogens with one attached hydrogen (secondary N) is 4. The minimum Gasteiger partial charge on any atom is -0.508 e. The van der Waals surface area contributed by atoms with Gasteiger partial charge in [0.05, 0.1) is 0 Å². The zero-order chi connectivity index (χ0) is 47.6. The van der Waals surface area contributed by atoms with E-state index in [0.717, 1.165) is 27.8 Å². The monoisotopic (exact) mass is 905 g/mol. The first-order chi connectivity index (χ1) is 31.6. The number of carbonyl (C=O) groups excluding carboxylic acids is 6. The van der Waals surface area contributed by atoms with Crippen molar-refractivity contribution in [1.29, 1.82) is 0 Å². The maximum atomic E-state index is 14.9. The number of nitrogens with zero attached hydrogens (tertiary/aromatic N) is 1. The highest BCUT2D eigenvalue weighted by Crippen LogP contribution is 2.27. The Morgan fingerprint density at radius 1 is 0.712 bits per heavy atom. The summed E-state index contributed by atoms with van der Waals surface area (Å²) in [4.78, 5) is 83.1. The number of hydrogen-bond donors (Lipinski definition) is 5. The summed E-state index contributed by atoms with van der Waals surface area (Å²) in [7, 11) is 0. The zero-order valence-corrected chi connectivity index (χ0v) is 38.5. The minimum atomic E-state index is -1.18. The Hall–Kier alpha value is -6.90. The van der Waals surface area contributed by atoms with Crippen molar-refractivity contribution in [2.75, 3.05) is 13.1 Å². The Balaban J connectivity index is 1.29. The maximum absolute atomic E-state index is 14.9. The van der Waals surface area contributed by atoms with Crippen molar-refractivity contribution in [2.24, 2.45) is 0 Å². The molecule has 1 heterocycles. The molecule has 1 unspecified atom stereocenters. The van der Waals surface area contributed by atoms with Crippen molar-refractivity contribution in [2.45, 2.75) is 123 Å². The van der Waals surface area contributed by atoms with Gasteiger partial charge in [-0.15, -0.1) is 0 Å². The molecule has 0 saturated carbocycles. The Labute approximate surface area is 387 Å². The highest BCUT2D eigenvalue weighted by Gasteiger charge is 2.40. The fourth-order valence-electron chi connectivity index (χ4n) is 7.67. The van der Waals surface area contributed by atoms with Gasteiger partial charge < -0.3 is 45.5 Å². The van der Waals surface area contributed by atoms with Crippen molar-refractivity contribution in [3.05, 3.63) is 136 Å². The molecule has 352 valence electrons. The largest absolute Gasteiger partial charge is 0.508 e. The summed E-state index contributed by atoms with van der Waals surface area (Å²) in [5, 5.41) is 21.5. The summed E-state index contributed by atoms with van der Waals surface area (Å²) in [6.45, 7) is 9.62. The van der Waals surface area contributed by atoms with E-state index in [9.17, 15) is 33.9 Å². The van der Waals surface area contributed by atoms with Crippen molar-refractivity contribution in [3.8, 4) is 5.75 Å². The number of aromatic hydroxyl groups is 1. The van der Waals surface area contributed by atoms with Crippen LogP contribution in [0.1, 0.15) is 91.8 Å². The molecule has 5 rings (SSSR count). The van der Waals surface area contributed by atoms with Gasteiger partial charge >= 0.3 is 18.2 Å². The lowest BCUT2D eigenvalue weighted by molar-refractivity contribution is -0.146.